The van der Waals surface area contributed by atoms with Crippen molar-refractivity contribution in [3.8, 4) is 0 Å². The van der Waals surface area contributed by atoms with Crippen molar-refractivity contribution in [3.05, 3.63) is 34.3 Å². The van der Waals surface area contributed by atoms with Gasteiger partial charge in [-0.05, 0) is 50.8 Å². The van der Waals surface area contributed by atoms with Crippen LogP contribution in [0.25, 0.3) is 0 Å². The molecule has 0 radical (unpaired) electrons. The van der Waals surface area contributed by atoms with Crippen LogP contribution in [0.5, 0.6) is 0 Å². The van der Waals surface area contributed by atoms with E-state index in [1.165, 1.54) is 5.56 Å². The van der Waals surface area contributed by atoms with Crippen molar-refractivity contribution < 1.29 is 9.53 Å². The number of ketones is 1. The molecule has 1 saturated heterocycles. The maximum Gasteiger partial charge on any atom is 0.142 e. The minimum absolute atomic E-state index is 0.115. The molecule has 2 aliphatic rings. The van der Waals surface area contributed by atoms with E-state index in [1.54, 1.807) is 0 Å². The lowest BCUT2D eigenvalue weighted by Gasteiger charge is -2.30. The molecule has 1 aromatic rings. The molecule has 3 rings (SSSR count). The van der Waals surface area contributed by atoms with Crippen molar-refractivity contribution >= 4 is 23.1 Å². The summed E-state index contributed by atoms with van der Waals surface area (Å²) >= 11 is 6.14. The average molecular weight is 320 g/mol. The molecule has 0 atom stereocenters. The fraction of sp³-hybridized carbons (Fsp3) is 0.556. The Kier molecular flexibility index (Phi) is 4.37. The third-order valence-corrected chi connectivity index (χ3v) is 4.70. The van der Waals surface area contributed by atoms with Gasteiger partial charge in [0, 0.05) is 36.1 Å². The van der Waals surface area contributed by atoms with Gasteiger partial charge in [0.25, 0.3) is 0 Å². The topological polar surface area (TPSA) is 38.7 Å². The van der Waals surface area contributed by atoms with Gasteiger partial charge in [-0.25, -0.2) is 0 Å². The maximum absolute atomic E-state index is 12.6. The highest BCUT2D eigenvalue weighted by Gasteiger charge is 2.30. The van der Waals surface area contributed by atoms with Gasteiger partial charge >= 0.3 is 0 Å². The first-order valence-electron chi connectivity index (χ1n) is 7.93. The fourth-order valence-electron chi connectivity index (χ4n) is 3.37. The second kappa shape index (κ2) is 6.13. The van der Waals surface area contributed by atoms with E-state index in [1.807, 2.05) is 12.1 Å². The molecule has 0 amide bonds. The molecular weight excluding hydrogens is 298 g/mol. The predicted molar refractivity (Wildman–Crippen MR) is 88.9 cm³/mol. The second-order valence-electron chi connectivity index (χ2n) is 6.88. The minimum Gasteiger partial charge on any atom is -0.381 e. The fourth-order valence-corrected chi connectivity index (χ4v) is 3.54. The molecule has 22 heavy (non-hydrogen) atoms. The van der Waals surface area contributed by atoms with Crippen molar-refractivity contribution in [1.29, 1.82) is 0 Å². The number of ether oxygens (including phenoxy) is 1. The molecule has 0 N–H and O–H groups in total. The van der Waals surface area contributed by atoms with Crippen LogP contribution in [-0.4, -0.2) is 30.2 Å². The summed E-state index contributed by atoms with van der Waals surface area (Å²) in [6, 6.07) is 5.93. The molecule has 0 unspecified atom stereocenters. The number of rotatable bonds is 3. The maximum atomic E-state index is 12.6. The number of carbonyl (C=O) groups excluding carboxylic acids is 1. The summed E-state index contributed by atoms with van der Waals surface area (Å²) in [7, 11) is 0. The van der Waals surface area contributed by atoms with E-state index < -0.39 is 0 Å². The number of aliphatic imine (C=N–C) groups is 1. The number of carbonyl (C=O) groups is 1. The Morgan fingerprint density at radius 2 is 2.09 bits per heavy atom. The van der Waals surface area contributed by atoms with E-state index in [-0.39, 0.29) is 17.2 Å². The SMILES string of the molecule is CC1(C)Cc2ccc(Cl)cc2C(CC(=O)C2CCOCC2)=N1. The molecule has 4 heteroatoms. The van der Waals surface area contributed by atoms with Crippen LogP contribution in [0.15, 0.2) is 23.2 Å². The number of Topliss-reactive ketones (excluding diaryl/α,β-unsaturated/α-hetero) is 1. The quantitative estimate of drug-likeness (QED) is 0.848. The van der Waals surface area contributed by atoms with Gasteiger partial charge in [0.2, 0.25) is 0 Å². The Hall–Kier alpha value is -1.19. The minimum atomic E-state index is -0.161. The first-order chi connectivity index (χ1) is 10.4. The summed E-state index contributed by atoms with van der Waals surface area (Å²) in [6.45, 7) is 5.61. The molecule has 3 nitrogen and oxygen atoms in total. The van der Waals surface area contributed by atoms with Crippen LogP contribution in [0, 0.1) is 5.92 Å². The summed E-state index contributed by atoms with van der Waals surface area (Å²) in [5.74, 6) is 0.398. The van der Waals surface area contributed by atoms with E-state index in [4.69, 9.17) is 21.3 Å². The molecule has 0 aromatic heterocycles. The summed E-state index contributed by atoms with van der Waals surface area (Å²) < 4.78 is 5.35. The third-order valence-electron chi connectivity index (χ3n) is 4.46. The molecule has 0 saturated carbocycles. The molecule has 118 valence electrons. The number of hydrogen-bond acceptors (Lipinski definition) is 3. The van der Waals surface area contributed by atoms with Gasteiger partial charge in [-0.3, -0.25) is 9.79 Å². The third kappa shape index (κ3) is 3.41. The standard InChI is InChI=1S/C18H22ClNO2/c1-18(2)11-13-3-4-14(19)9-15(13)16(20-18)10-17(21)12-5-7-22-8-6-12/h3-4,9,12H,5-8,10-11H2,1-2H3. The van der Waals surface area contributed by atoms with Crippen molar-refractivity contribution in [2.24, 2.45) is 10.9 Å². The molecule has 1 aromatic carbocycles. The number of fused-ring (bicyclic) bond motifs is 1. The lowest BCUT2D eigenvalue weighted by atomic mass is 9.84. The van der Waals surface area contributed by atoms with Crippen LogP contribution < -0.4 is 0 Å². The van der Waals surface area contributed by atoms with Gasteiger partial charge in [-0.15, -0.1) is 0 Å². The summed E-state index contributed by atoms with van der Waals surface area (Å²) in [5.41, 5.74) is 3.02. The summed E-state index contributed by atoms with van der Waals surface area (Å²) in [4.78, 5) is 17.4. The highest BCUT2D eigenvalue weighted by molar-refractivity contribution is 6.31. The van der Waals surface area contributed by atoms with E-state index >= 15 is 0 Å². The highest BCUT2D eigenvalue weighted by atomic mass is 35.5. The molecule has 2 aliphatic heterocycles. The molecule has 1 fully saturated rings. The number of nitrogens with zero attached hydrogens (tertiary/aromatic N) is 1. The number of halogens is 1. The molecule has 0 bridgehead atoms. The van der Waals surface area contributed by atoms with Gasteiger partial charge < -0.3 is 4.74 Å². The van der Waals surface area contributed by atoms with Crippen LogP contribution in [-0.2, 0) is 16.0 Å². The molecule has 0 spiro atoms. The normalized spacial score (nSPS) is 21.1. The molecule has 2 heterocycles. The Balaban J connectivity index is 1.86. The largest absolute Gasteiger partial charge is 0.381 e. The van der Waals surface area contributed by atoms with Crippen LogP contribution >= 0.6 is 11.6 Å². The first-order valence-corrected chi connectivity index (χ1v) is 8.30. The van der Waals surface area contributed by atoms with Gasteiger partial charge in [-0.2, -0.15) is 0 Å². The predicted octanol–water partition coefficient (Wildman–Crippen LogP) is 3.85. The molecule has 0 aliphatic carbocycles. The van der Waals surface area contributed by atoms with Crippen LogP contribution in [0.2, 0.25) is 5.02 Å². The van der Waals surface area contributed by atoms with Gasteiger partial charge in [0.1, 0.15) is 5.78 Å². The lowest BCUT2D eigenvalue weighted by Crippen LogP contribution is -2.32. The zero-order valence-electron chi connectivity index (χ0n) is 13.2. The van der Waals surface area contributed by atoms with E-state index in [9.17, 15) is 4.79 Å². The molecular formula is C18H22ClNO2. The van der Waals surface area contributed by atoms with Crippen LogP contribution in [0.1, 0.15) is 44.2 Å². The number of hydrogen-bond donors (Lipinski definition) is 0. The highest BCUT2D eigenvalue weighted by Crippen LogP contribution is 2.30. The van der Waals surface area contributed by atoms with Crippen LogP contribution in [0.3, 0.4) is 0 Å². The zero-order chi connectivity index (χ0) is 15.7. The van der Waals surface area contributed by atoms with Gasteiger partial charge in [0.15, 0.2) is 0 Å². The Bertz CT molecular complexity index is 616. The van der Waals surface area contributed by atoms with E-state index in [2.05, 4.69) is 19.9 Å². The summed E-state index contributed by atoms with van der Waals surface area (Å²) in [6.07, 6.45) is 2.95. The van der Waals surface area contributed by atoms with Crippen molar-refractivity contribution in [2.75, 3.05) is 13.2 Å². The monoisotopic (exact) mass is 319 g/mol. The Morgan fingerprint density at radius 3 is 2.82 bits per heavy atom. The van der Waals surface area contributed by atoms with Crippen molar-refractivity contribution in [1.82, 2.24) is 0 Å². The Morgan fingerprint density at radius 1 is 1.36 bits per heavy atom. The summed E-state index contributed by atoms with van der Waals surface area (Å²) in [5, 5.41) is 0.699. The van der Waals surface area contributed by atoms with E-state index in [0.717, 1.165) is 30.5 Å². The zero-order valence-corrected chi connectivity index (χ0v) is 13.9. The first kappa shape index (κ1) is 15.7. The Labute approximate surface area is 136 Å². The second-order valence-corrected chi connectivity index (χ2v) is 7.32. The van der Waals surface area contributed by atoms with Crippen molar-refractivity contribution in [2.45, 2.75) is 45.1 Å². The average Bonchev–Trinajstić information content (AvgIpc) is 2.48. The van der Waals surface area contributed by atoms with Gasteiger partial charge in [-0.1, -0.05) is 17.7 Å². The van der Waals surface area contributed by atoms with Crippen molar-refractivity contribution in [3.63, 3.8) is 0 Å². The van der Waals surface area contributed by atoms with Gasteiger partial charge in [0.05, 0.1) is 11.3 Å². The number of benzene rings is 1. The lowest BCUT2D eigenvalue weighted by molar-refractivity contribution is -0.124. The van der Waals surface area contributed by atoms with Crippen LogP contribution in [0.4, 0.5) is 0 Å². The smallest absolute Gasteiger partial charge is 0.142 e. The van der Waals surface area contributed by atoms with E-state index in [0.29, 0.717) is 24.7 Å².